The van der Waals surface area contributed by atoms with Gasteiger partial charge in [0.05, 0.1) is 12.7 Å². The highest BCUT2D eigenvalue weighted by Gasteiger charge is 2.64. The van der Waals surface area contributed by atoms with Crippen LogP contribution in [0.5, 0.6) is 0 Å². The van der Waals surface area contributed by atoms with Crippen molar-refractivity contribution in [3.05, 3.63) is 23.3 Å². The Hall–Kier alpha value is -2.42. The van der Waals surface area contributed by atoms with E-state index in [1.165, 1.54) is 7.11 Å². The van der Waals surface area contributed by atoms with Gasteiger partial charge in [-0.05, 0) is 73.7 Å². The lowest BCUT2D eigenvalue weighted by Crippen LogP contribution is -2.60. The smallest absolute Gasteiger partial charge is 0.407 e. The first-order valence-electron chi connectivity index (χ1n) is 15.1. The fourth-order valence-corrected chi connectivity index (χ4v) is 8.23. The standard InChI is InChI=1S/C34H52N2O4/c1-12-29(3,4)15-16-31(7,36-28(39)40-11)17-18-33(9)22(2)24(37)19-26-32(8)20-23(21-35)27(38)30(5,6)25(32)13-14-34(26,33)10/h19-20,22,25H,12-18H2,1-11H3,(H,36,39)/t22?,25-,31-,32-,33+,34+/m0/s1. The van der Waals surface area contributed by atoms with Gasteiger partial charge in [-0.2, -0.15) is 5.26 Å². The van der Waals surface area contributed by atoms with Crippen LogP contribution in [0.25, 0.3) is 0 Å². The SMILES string of the molecule is CCC(C)(C)CC[C@@](C)(CC[C@]1(C)C(C)C(=O)C=C2[C@@]3(C)C=C(C#N)C(=O)C(C)(C)[C@@H]3CC[C@]21C)NC(=O)OC. The summed E-state index contributed by atoms with van der Waals surface area (Å²) in [4.78, 5) is 39.4. The Morgan fingerprint density at radius 1 is 1.12 bits per heavy atom. The quantitative estimate of drug-likeness (QED) is 0.332. The van der Waals surface area contributed by atoms with Crippen LogP contribution in [0.15, 0.2) is 23.3 Å². The maximum atomic E-state index is 13.7. The van der Waals surface area contributed by atoms with Crippen LogP contribution in [0.3, 0.4) is 0 Å². The molecule has 0 bridgehead atoms. The van der Waals surface area contributed by atoms with Gasteiger partial charge in [0.15, 0.2) is 11.6 Å². The number of nitriles is 1. The number of nitrogens with zero attached hydrogens (tertiary/aromatic N) is 1. The zero-order valence-electron chi connectivity index (χ0n) is 26.8. The number of ketones is 2. The fraction of sp³-hybridized carbons (Fsp3) is 0.765. The Bertz CT molecular complexity index is 1170. The second-order valence-corrected chi connectivity index (χ2v) is 15.2. The molecule has 0 aromatic heterocycles. The summed E-state index contributed by atoms with van der Waals surface area (Å²) in [7, 11) is 1.39. The number of hydrogen-bond donors (Lipinski definition) is 1. The Kier molecular flexibility index (Phi) is 8.38. The van der Waals surface area contributed by atoms with E-state index < -0.39 is 22.5 Å². The van der Waals surface area contributed by atoms with Crippen molar-refractivity contribution in [3.8, 4) is 6.07 Å². The molecule has 1 unspecified atom stereocenters. The molecule has 6 nitrogen and oxygen atoms in total. The van der Waals surface area contributed by atoms with E-state index in [2.05, 4.69) is 59.9 Å². The number of hydrogen-bond acceptors (Lipinski definition) is 5. The average molecular weight is 553 g/mol. The number of carbonyl (C=O) groups is 3. The topological polar surface area (TPSA) is 96.3 Å². The van der Waals surface area contributed by atoms with Crippen LogP contribution < -0.4 is 5.32 Å². The first-order chi connectivity index (χ1) is 18.3. The van der Waals surface area contributed by atoms with Crippen molar-refractivity contribution in [2.45, 2.75) is 120 Å². The number of allylic oxidation sites excluding steroid dienone is 4. The predicted octanol–water partition coefficient (Wildman–Crippen LogP) is 7.73. The second kappa shape index (κ2) is 10.4. The van der Waals surface area contributed by atoms with Crippen molar-refractivity contribution in [3.63, 3.8) is 0 Å². The molecule has 3 rings (SSSR count). The van der Waals surface area contributed by atoms with Crippen LogP contribution in [0.1, 0.15) is 114 Å². The van der Waals surface area contributed by atoms with E-state index in [0.29, 0.717) is 6.42 Å². The second-order valence-electron chi connectivity index (χ2n) is 15.2. The molecule has 1 fully saturated rings. The molecule has 6 heteroatoms. The zero-order chi connectivity index (χ0) is 30.5. The number of amides is 1. The molecule has 0 spiro atoms. The molecule has 0 aromatic rings. The predicted molar refractivity (Wildman–Crippen MR) is 158 cm³/mol. The van der Waals surface area contributed by atoms with E-state index in [-0.39, 0.29) is 45.2 Å². The monoisotopic (exact) mass is 552 g/mol. The van der Waals surface area contributed by atoms with Gasteiger partial charge in [0.2, 0.25) is 0 Å². The maximum absolute atomic E-state index is 13.7. The van der Waals surface area contributed by atoms with Crippen molar-refractivity contribution in [1.29, 1.82) is 5.26 Å². The summed E-state index contributed by atoms with van der Waals surface area (Å²) in [5.74, 6) is -0.182. The van der Waals surface area contributed by atoms with E-state index >= 15 is 0 Å². The number of carbonyl (C=O) groups excluding carboxylic acids is 3. The minimum Gasteiger partial charge on any atom is -0.453 e. The van der Waals surface area contributed by atoms with E-state index in [1.807, 2.05) is 32.9 Å². The summed E-state index contributed by atoms with van der Waals surface area (Å²) in [6.45, 7) is 21.4. The van der Waals surface area contributed by atoms with Crippen molar-refractivity contribution in [1.82, 2.24) is 5.32 Å². The van der Waals surface area contributed by atoms with E-state index in [4.69, 9.17) is 4.74 Å². The molecule has 3 aliphatic rings. The lowest BCUT2D eigenvalue weighted by atomic mass is 9.39. The highest BCUT2D eigenvalue weighted by Crippen LogP contribution is 2.69. The van der Waals surface area contributed by atoms with Gasteiger partial charge in [0.25, 0.3) is 0 Å². The minimum absolute atomic E-state index is 0.0110. The zero-order valence-corrected chi connectivity index (χ0v) is 26.8. The van der Waals surface area contributed by atoms with Crippen molar-refractivity contribution in [2.24, 2.45) is 38.9 Å². The summed E-state index contributed by atoms with van der Waals surface area (Å²) in [6, 6.07) is 2.16. The molecular weight excluding hydrogens is 500 g/mol. The van der Waals surface area contributed by atoms with Gasteiger partial charge in [0, 0.05) is 22.3 Å². The van der Waals surface area contributed by atoms with Crippen LogP contribution >= 0.6 is 0 Å². The Labute approximate surface area is 242 Å². The first-order valence-corrected chi connectivity index (χ1v) is 15.1. The lowest BCUT2D eigenvalue weighted by Gasteiger charge is -2.64. The molecule has 0 saturated heterocycles. The number of nitrogens with one attached hydrogen (secondary N) is 1. The van der Waals surface area contributed by atoms with Gasteiger partial charge in [0.1, 0.15) is 6.07 Å². The van der Waals surface area contributed by atoms with Gasteiger partial charge in [-0.25, -0.2) is 4.79 Å². The van der Waals surface area contributed by atoms with Crippen molar-refractivity contribution < 1.29 is 19.1 Å². The third-order valence-electron chi connectivity index (χ3n) is 12.1. The molecule has 222 valence electrons. The van der Waals surface area contributed by atoms with Crippen LogP contribution in [-0.4, -0.2) is 30.3 Å². The summed E-state index contributed by atoms with van der Waals surface area (Å²) in [5.41, 5.74) is -1.01. The van der Waals surface area contributed by atoms with E-state index in [9.17, 15) is 19.6 Å². The number of alkyl carbamates (subject to hydrolysis) is 1. The average Bonchev–Trinajstić information content (AvgIpc) is 2.89. The van der Waals surface area contributed by atoms with Crippen LogP contribution in [0.4, 0.5) is 4.79 Å². The first kappa shape index (κ1) is 32.1. The molecular formula is C34H52N2O4. The molecule has 1 saturated carbocycles. The number of fused-ring (bicyclic) bond motifs is 3. The largest absolute Gasteiger partial charge is 0.453 e. The third kappa shape index (κ3) is 5.07. The molecule has 0 aromatic carbocycles. The summed E-state index contributed by atoms with van der Waals surface area (Å²) in [5, 5.41) is 13.0. The summed E-state index contributed by atoms with van der Waals surface area (Å²) < 4.78 is 5.01. The summed E-state index contributed by atoms with van der Waals surface area (Å²) in [6.07, 6.45) is 9.28. The van der Waals surface area contributed by atoms with Gasteiger partial charge < -0.3 is 10.1 Å². The van der Waals surface area contributed by atoms with Gasteiger partial charge in [-0.15, -0.1) is 0 Å². The number of Topliss-reactive ketones (excluding diaryl/α,β-unsaturated/α-hetero) is 1. The Balaban J connectivity index is 2.06. The molecule has 1 amide bonds. The summed E-state index contributed by atoms with van der Waals surface area (Å²) >= 11 is 0. The fourth-order valence-electron chi connectivity index (χ4n) is 8.23. The number of ether oxygens (including phenoxy) is 1. The third-order valence-corrected chi connectivity index (χ3v) is 12.1. The van der Waals surface area contributed by atoms with Crippen LogP contribution in [0, 0.1) is 50.2 Å². The molecule has 40 heavy (non-hydrogen) atoms. The minimum atomic E-state index is -0.686. The van der Waals surface area contributed by atoms with Crippen LogP contribution in [-0.2, 0) is 14.3 Å². The molecule has 3 aliphatic carbocycles. The normalized spacial score (nSPS) is 34.9. The number of rotatable bonds is 8. The molecule has 0 radical (unpaired) electrons. The highest BCUT2D eigenvalue weighted by atomic mass is 16.5. The Morgan fingerprint density at radius 3 is 2.30 bits per heavy atom. The maximum Gasteiger partial charge on any atom is 0.407 e. The highest BCUT2D eigenvalue weighted by molar-refractivity contribution is 6.04. The van der Waals surface area contributed by atoms with Gasteiger partial charge >= 0.3 is 6.09 Å². The van der Waals surface area contributed by atoms with Gasteiger partial charge in [-0.1, -0.05) is 80.4 Å². The van der Waals surface area contributed by atoms with E-state index in [1.54, 1.807) is 0 Å². The molecule has 0 heterocycles. The van der Waals surface area contributed by atoms with Crippen LogP contribution in [0.2, 0.25) is 0 Å². The molecule has 0 aliphatic heterocycles. The van der Waals surface area contributed by atoms with Crippen molar-refractivity contribution >= 4 is 17.7 Å². The number of methoxy groups -OCH3 is 1. The van der Waals surface area contributed by atoms with Crippen molar-refractivity contribution in [2.75, 3.05) is 7.11 Å². The lowest BCUT2D eigenvalue weighted by molar-refractivity contribution is -0.137. The molecule has 6 atom stereocenters. The molecule has 1 N–H and O–H groups in total. The Morgan fingerprint density at radius 2 is 1.75 bits per heavy atom. The van der Waals surface area contributed by atoms with Gasteiger partial charge in [-0.3, -0.25) is 9.59 Å². The van der Waals surface area contributed by atoms with E-state index in [0.717, 1.165) is 44.1 Å².